The molecule has 0 unspecified atom stereocenters. The maximum atomic E-state index is 13.1. The largest absolute Gasteiger partial charge is 0.308 e. The summed E-state index contributed by atoms with van der Waals surface area (Å²) in [4.78, 5) is 21.7. The first-order valence-corrected chi connectivity index (χ1v) is 9.64. The van der Waals surface area contributed by atoms with Crippen LogP contribution >= 0.6 is 35.3 Å². The standard InChI is InChI=1S/C20H22ClN3OS.ClH/c1-13-10-17-18(11-14(13)2)26-20(22-17)24(9-8-23(3)4)19(25)15-6-5-7-16(21)12-15;/h5-7,10-12H,8-9H2,1-4H3;1H. The van der Waals surface area contributed by atoms with Crippen LogP contribution in [0.2, 0.25) is 5.02 Å². The Morgan fingerprint density at radius 3 is 2.48 bits per heavy atom. The molecular weight excluding hydrogens is 401 g/mol. The zero-order valence-corrected chi connectivity index (χ0v) is 18.2. The third kappa shape index (κ3) is 4.99. The van der Waals surface area contributed by atoms with Crippen LogP contribution in [0.1, 0.15) is 21.5 Å². The SMILES string of the molecule is Cc1cc2nc(N(CCN(C)C)C(=O)c3cccc(Cl)c3)sc2cc1C.Cl. The highest BCUT2D eigenvalue weighted by Crippen LogP contribution is 2.31. The number of anilines is 1. The first-order chi connectivity index (χ1) is 12.3. The van der Waals surface area contributed by atoms with Gasteiger partial charge in [-0.25, -0.2) is 4.98 Å². The Balaban J connectivity index is 0.00000261. The molecule has 0 fully saturated rings. The number of thiazole rings is 1. The highest BCUT2D eigenvalue weighted by molar-refractivity contribution is 7.22. The van der Waals surface area contributed by atoms with E-state index in [1.54, 1.807) is 40.5 Å². The number of halogens is 2. The molecule has 4 nitrogen and oxygen atoms in total. The van der Waals surface area contributed by atoms with Gasteiger partial charge >= 0.3 is 0 Å². The quantitative estimate of drug-likeness (QED) is 0.565. The van der Waals surface area contributed by atoms with E-state index >= 15 is 0 Å². The molecule has 3 rings (SSSR count). The van der Waals surface area contributed by atoms with Crippen molar-refractivity contribution in [2.45, 2.75) is 13.8 Å². The lowest BCUT2D eigenvalue weighted by Crippen LogP contribution is -2.36. The molecular formula is C20H23Cl2N3OS. The van der Waals surface area contributed by atoms with Gasteiger partial charge in [0, 0.05) is 23.7 Å². The highest BCUT2D eigenvalue weighted by Gasteiger charge is 2.21. The van der Waals surface area contributed by atoms with Gasteiger partial charge in [0.25, 0.3) is 5.91 Å². The molecule has 0 N–H and O–H groups in total. The first-order valence-electron chi connectivity index (χ1n) is 8.45. The molecule has 1 aromatic heterocycles. The summed E-state index contributed by atoms with van der Waals surface area (Å²) in [5, 5.41) is 1.27. The molecule has 27 heavy (non-hydrogen) atoms. The number of carbonyl (C=O) groups excluding carboxylic acids is 1. The van der Waals surface area contributed by atoms with Gasteiger partial charge < -0.3 is 4.90 Å². The number of benzene rings is 2. The third-order valence-electron chi connectivity index (χ3n) is 4.31. The zero-order valence-electron chi connectivity index (χ0n) is 15.8. The predicted octanol–water partition coefficient (Wildman–Crippen LogP) is 5.20. The van der Waals surface area contributed by atoms with Gasteiger partial charge in [0.15, 0.2) is 5.13 Å². The van der Waals surface area contributed by atoms with Crippen molar-refractivity contribution in [3.8, 4) is 0 Å². The summed E-state index contributed by atoms with van der Waals surface area (Å²) in [7, 11) is 3.99. The van der Waals surface area contributed by atoms with Crippen molar-refractivity contribution in [3.63, 3.8) is 0 Å². The normalized spacial score (nSPS) is 10.9. The Morgan fingerprint density at radius 1 is 1.11 bits per heavy atom. The van der Waals surface area contributed by atoms with Crippen molar-refractivity contribution < 1.29 is 4.79 Å². The molecule has 144 valence electrons. The van der Waals surface area contributed by atoms with Crippen LogP contribution < -0.4 is 4.90 Å². The summed E-state index contributed by atoms with van der Waals surface area (Å²) in [5.74, 6) is -0.0816. The van der Waals surface area contributed by atoms with Gasteiger partial charge in [-0.05, 0) is 69.4 Å². The van der Waals surface area contributed by atoms with Crippen LogP contribution in [0.4, 0.5) is 5.13 Å². The van der Waals surface area contributed by atoms with E-state index in [2.05, 4.69) is 30.9 Å². The Labute approximate surface area is 175 Å². The summed E-state index contributed by atoms with van der Waals surface area (Å²) in [5.41, 5.74) is 3.94. The van der Waals surface area contributed by atoms with Crippen LogP contribution in [0.15, 0.2) is 36.4 Å². The number of likely N-dealkylation sites (N-methyl/N-ethyl adjacent to an activating group) is 1. The van der Waals surface area contributed by atoms with Crippen molar-refractivity contribution in [1.29, 1.82) is 0 Å². The second-order valence-corrected chi connectivity index (χ2v) is 8.12. The van der Waals surface area contributed by atoms with Crippen LogP contribution in [0.3, 0.4) is 0 Å². The average Bonchev–Trinajstić information content (AvgIpc) is 2.97. The van der Waals surface area contributed by atoms with Crippen molar-refractivity contribution >= 4 is 56.6 Å². The Morgan fingerprint density at radius 2 is 1.81 bits per heavy atom. The van der Waals surface area contributed by atoms with Gasteiger partial charge in [0.05, 0.1) is 10.2 Å². The highest BCUT2D eigenvalue weighted by atomic mass is 35.5. The maximum Gasteiger partial charge on any atom is 0.260 e. The summed E-state index contributed by atoms with van der Waals surface area (Å²) in [6.07, 6.45) is 0. The smallest absolute Gasteiger partial charge is 0.260 e. The van der Waals surface area contributed by atoms with Gasteiger partial charge in [-0.1, -0.05) is 29.0 Å². The lowest BCUT2D eigenvalue weighted by atomic mass is 10.1. The fraction of sp³-hybridized carbons (Fsp3) is 0.300. The number of hydrogen-bond donors (Lipinski definition) is 0. The van der Waals surface area contributed by atoms with Crippen LogP contribution in [0.25, 0.3) is 10.2 Å². The van der Waals surface area contributed by atoms with Crippen LogP contribution in [-0.4, -0.2) is 43.0 Å². The molecule has 0 radical (unpaired) electrons. The van der Waals surface area contributed by atoms with Gasteiger partial charge in [0.2, 0.25) is 0 Å². The van der Waals surface area contributed by atoms with E-state index in [4.69, 9.17) is 16.6 Å². The van der Waals surface area contributed by atoms with E-state index < -0.39 is 0 Å². The molecule has 0 aliphatic heterocycles. The zero-order chi connectivity index (χ0) is 18.8. The van der Waals surface area contributed by atoms with Crippen LogP contribution in [-0.2, 0) is 0 Å². The summed E-state index contributed by atoms with van der Waals surface area (Å²) < 4.78 is 1.09. The minimum absolute atomic E-state index is 0. The number of fused-ring (bicyclic) bond motifs is 1. The molecule has 0 aliphatic carbocycles. The first kappa shape index (κ1) is 21.6. The van der Waals surface area contributed by atoms with Crippen molar-refractivity contribution in [2.24, 2.45) is 0 Å². The van der Waals surface area contributed by atoms with Crippen molar-refractivity contribution in [2.75, 3.05) is 32.1 Å². The lowest BCUT2D eigenvalue weighted by molar-refractivity contribution is 0.0985. The minimum Gasteiger partial charge on any atom is -0.308 e. The van der Waals surface area contributed by atoms with Crippen LogP contribution in [0, 0.1) is 13.8 Å². The van der Waals surface area contributed by atoms with E-state index in [0.29, 0.717) is 17.1 Å². The fourth-order valence-electron chi connectivity index (χ4n) is 2.64. The van der Waals surface area contributed by atoms with E-state index in [1.165, 1.54) is 11.1 Å². The number of aryl methyl sites for hydroxylation is 2. The second kappa shape index (κ2) is 9.02. The molecule has 0 spiro atoms. The Kier molecular flexibility index (Phi) is 7.23. The Hall–Kier alpha value is -1.66. The lowest BCUT2D eigenvalue weighted by Gasteiger charge is -2.22. The third-order valence-corrected chi connectivity index (χ3v) is 5.59. The van der Waals surface area contributed by atoms with E-state index in [1.807, 2.05) is 14.1 Å². The molecule has 0 atom stereocenters. The summed E-state index contributed by atoms with van der Waals surface area (Å²) in [6.45, 7) is 5.49. The van der Waals surface area contributed by atoms with Gasteiger partial charge in [-0.2, -0.15) is 0 Å². The summed E-state index contributed by atoms with van der Waals surface area (Å²) >= 11 is 7.62. The summed E-state index contributed by atoms with van der Waals surface area (Å²) in [6, 6.07) is 11.3. The van der Waals surface area contributed by atoms with Crippen LogP contribution in [0.5, 0.6) is 0 Å². The number of rotatable bonds is 5. The number of aromatic nitrogens is 1. The molecule has 3 aromatic rings. The van der Waals surface area contributed by atoms with Gasteiger partial charge in [0.1, 0.15) is 0 Å². The second-order valence-electron chi connectivity index (χ2n) is 6.67. The van der Waals surface area contributed by atoms with E-state index in [9.17, 15) is 4.79 Å². The predicted molar refractivity (Wildman–Crippen MR) is 118 cm³/mol. The van der Waals surface area contributed by atoms with E-state index in [0.717, 1.165) is 21.9 Å². The average molecular weight is 424 g/mol. The number of carbonyl (C=O) groups is 1. The van der Waals surface area contributed by atoms with E-state index in [-0.39, 0.29) is 18.3 Å². The van der Waals surface area contributed by atoms with Gasteiger partial charge in [-0.3, -0.25) is 9.69 Å². The molecule has 1 heterocycles. The topological polar surface area (TPSA) is 36.4 Å². The molecule has 0 bridgehead atoms. The Bertz CT molecular complexity index is 917. The van der Waals surface area contributed by atoms with Crippen molar-refractivity contribution in [1.82, 2.24) is 9.88 Å². The minimum atomic E-state index is -0.0816. The fourth-order valence-corrected chi connectivity index (χ4v) is 3.90. The molecule has 7 heteroatoms. The molecule has 1 amide bonds. The monoisotopic (exact) mass is 423 g/mol. The van der Waals surface area contributed by atoms with Crippen molar-refractivity contribution in [3.05, 3.63) is 58.1 Å². The molecule has 0 aliphatic rings. The maximum absolute atomic E-state index is 13.1. The number of nitrogens with zero attached hydrogens (tertiary/aromatic N) is 3. The molecule has 0 saturated heterocycles. The molecule has 0 saturated carbocycles. The van der Waals surface area contributed by atoms with Gasteiger partial charge in [-0.15, -0.1) is 12.4 Å². The number of amides is 1. The molecule has 2 aromatic carbocycles. The number of hydrogen-bond acceptors (Lipinski definition) is 4.